The van der Waals surface area contributed by atoms with Gasteiger partial charge >= 0.3 is 5.97 Å². The summed E-state index contributed by atoms with van der Waals surface area (Å²) in [5.41, 5.74) is 3.13. The van der Waals surface area contributed by atoms with Crippen molar-refractivity contribution in [1.82, 2.24) is 10.4 Å². The number of carbonyl (C=O) groups is 1. The Bertz CT molecular complexity index is 549. The van der Waals surface area contributed by atoms with Crippen molar-refractivity contribution in [3.8, 4) is 0 Å². The number of para-hydroxylation sites is 1. The van der Waals surface area contributed by atoms with Crippen LogP contribution in [0, 0.1) is 0 Å². The van der Waals surface area contributed by atoms with Crippen molar-refractivity contribution < 1.29 is 9.90 Å². The number of hydrogen-bond donors (Lipinski definition) is 4. The summed E-state index contributed by atoms with van der Waals surface area (Å²) in [6.07, 6.45) is 2.14. The van der Waals surface area contributed by atoms with Crippen LogP contribution in [0.5, 0.6) is 0 Å². The molecule has 5 nitrogen and oxygen atoms in total. The standard InChI is InChI=1S/C12H15N3O2/c1-12(15-13,11(16)17)6-8-7-14-10-5-3-2-4-9(8)10/h2-5,7,14-15H,6,13H2,1H3,(H,16,17). The molecule has 0 spiro atoms. The predicted octanol–water partition coefficient (Wildman–Crippen LogP) is 1.02. The number of aliphatic carboxylic acids is 1. The highest BCUT2D eigenvalue weighted by Gasteiger charge is 2.32. The van der Waals surface area contributed by atoms with Crippen molar-refractivity contribution in [1.29, 1.82) is 0 Å². The summed E-state index contributed by atoms with van der Waals surface area (Å²) in [6.45, 7) is 1.57. The molecular weight excluding hydrogens is 218 g/mol. The van der Waals surface area contributed by atoms with Crippen LogP contribution >= 0.6 is 0 Å². The lowest BCUT2D eigenvalue weighted by Gasteiger charge is -2.23. The zero-order valence-electron chi connectivity index (χ0n) is 9.53. The number of carboxylic acids is 1. The maximum absolute atomic E-state index is 11.2. The van der Waals surface area contributed by atoms with E-state index in [1.165, 1.54) is 0 Å². The van der Waals surface area contributed by atoms with E-state index in [4.69, 9.17) is 10.9 Å². The van der Waals surface area contributed by atoms with Gasteiger partial charge in [0, 0.05) is 23.5 Å². The lowest BCUT2D eigenvalue weighted by molar-refractivity contribution is -0.144. The second kappa shape index (κ2) is 4.20. The number of fused-ring (bicyclic) bond motifs is 1. The first-order chi connectivity index (χ1) is 8.07. The van der Waals surface area contributed by atoms with E-state index >= 15 is 0 Å². The Labute approximate surface area is 98.6 Å². The zero-order chi connectivity index (χ0) is 12.5. The first-order valence-electron chi connectivity index (χ1n) is 5.33. The number of H-pyrrole nitrogens is 1. The van der Waals surface area contributed by atoms with Crippen LogP contribution in [0.15, 0.2) is 30.5 Å². The number of nitrogens with one attached hydrogen (secondary N) is 2. The topological polar surface area (TPSA) is 91.1 Å². The molecule has 1 atom stereocenters. The fourth-order valence-corrected chi connectivity index (χ4v) is 1.85. The molecule has 0 amide bonds. The number of hydrogen-bond acceptors (Lipinski definition) is 3. The van der Waals surface area contributed by atoms with Crippen LogP contribution in [-0.4, -0.2) is 21.6 Å². The molecule has 2 aromatic rings. The third-order valence-corrected chi connectivity index (χ3v) is 3.01. The van der Waals surface area contributed by atoms with E-state index in [0.29, 0.717) is 6.42 Å². The highest BCUT2D eigenvalue weighted by molar-refractivity contribution is 5.85. The Morgan fingerprint density at radius 2 is 2.24 bits per heavy atom. The summed E-state index contributed by atoms with van der Waals surface area (Å²) in [6, 6.07) is 7.76. The lowest BCUT2D eigenvalue weighted by atomic mass is 9.93. The summed E-state index contributed by atoms with van der Waals surface area (Å²) in [4.78, 5) is 14.3. The maximum Gasteiger partial charge on any atom is 0.325 e. The van der Waals surface area contributed by atoms with Gasteiger partial charge in [0.05, 0.1) is 0 Å². The van der Waals surface area contributed by atoms with Gasteiger partial charge in [-0.3, -0.25) is 10.6 Å². The van der Waals surface area contributed by atoms with Gasteiger partial charge in [0.15, 0.2) is 0 Å². The van der Waals surface area contributed by atoms with Crippen LogP contribution in [0.3, 0.4) is 0 Å². The minimum atomic E-state index is -1.16. The molecule has 5 heteroatoms. The molecule has 0 radical (unpaired) electrons. The van der Waals surface area contributed by atoms with Crippen molar-refractivity contribution >= 4 is 16.9 Å². The van der Waals surface area contributed by atoms with Gasteiger partial charge in [-0.15, -0.1) is 0 Å². The molecule has 90 valence electrons. The summed E-state index contributed by atoms with van der Waals surface area (Å²) >= 11 is 0. The molecule has 2 rings (SSSR count). The number of nitrogens with two attached hydrogens (primary N) is 1. The minimum absolute atomic E-state index is 0.322. The number of carboxylic acid groups (broad SMARTS) is 1. The number of benzene rings is 1. The normalized spacial score (nSPS) is 14.7. The van der Waals surface area contributed by atoms with Gasteiger partial charge in [-0.1, -0.05) is 18.2 Å². The molecule has 0 aliphatic carbocycles. The maximum atomic E-state index is 11.2. The van der Waals surface area contributed by atoms with E-state index in [1.807, 2.05) is 30.5 Å². The quantitative estimate of drug-likeness (QED) is 0.468. The average molecular weight is 233 g/mol. The average Bonchev–Trinajstić information content (AvgIpc) is 2.72. The molecule has 1 aromatic carbocycles. The molecule has 0 saturated heterocycles. The number of hydrazine groups is 1. The third kappa shape index (κ3) is 2.02. The zero-order valence-corrected chi connectivity index (χ0v) is 9.53. The third-order valence-electron chi connectivity index (χ3n) is 3.01. The van der Waals surface area contributed by atoms with E-state index in [9.17, 15) is 4.79 Å². The molecule has 0 fully saturated rings. The molecular formula is C12H15N3O2. The predicted molar refractivity (Wildman–Crippen MR) is 65.4 cm³/mol. The summed E-state index contributed by atoms with van der Waals surface area (Å²) in [7, 11) is 0. The molecule has 0 aliphatic rings. The molecule has 5 N–H and O–H groups in total. The highest BCUT2D eigenvalue weighted by atomic mass is 16.4. The minimum Gasteiger partial charge on any atom is -0.480 e. The number of rotatable bonds is 4. The second-order valence-corrected chi connectivity index (χ2v) is 4.32. The highest BCUT2D eigenvalue weighted by Crippen LogP contribution is 2.22. The Balaban J connectivity index is 2.38. The van der Waals surface area contributed by atoms with Crippen molar-refractivity contribution in [2.75, 3.05) is 0 Å². The first kappa shape index (κ1) is 11.6. The van der Waals surface area contributed by atoms with Crippen LogP contribution in [0.4, 0.5) is 0 Å². The van der Waals surface area contributed by atoms with Gasteiger partial charge < -0.3 is 10.1 Å². The Hall–Kier alpha value is -1.85. The molecule has 0 aliphatic heterocycles. The van der Waals surface area contributed by atoms with Crippen molar-refractivity contribution in [3.05, 3.63) is 36.0 Å². The molecule has 0 bridgehead atoms. The van der Waals surface area contributed by atoms with E-state index in [2.05, 4.69) is 10.4 Å². The van der Waals surface area contributed by atoms with Crippen molar-refractivity contribution in [3.63, 3.8) is 0 Å². The smallest absolute Gasteiger partial charge is 0.325 e. The van der Waals surface area contributed by atoms with Gasteiger partial charge in [-0.2, -0.15) is 0 Å². The van der Waals surface area contributed by atoms with E-state index in [0.717, 1.165) is 16.5 Å². The van der Waals surface area contributed by atoms with Gasteiger partial charge in [0.25, 0.3) is 0 Å². The van der Waals surface area contributed by atoms with Gasteiger partial charge in [-0.25, -0.2) is 5.43 Å². The summed E-state index contributed by atoms with van der Waals surface area (Å²) in [5.74, 6) is 4.36. The Kier molecular flexibility index (Phi) is 2.87. The largest absolute Gasteiger partial charge is 0.480 e. The van der Waals surface area contributed by atoms with E-state index < -0.39 is 11.5 Å². The van der Waals surface area contributed by atoms with Crippen molar-refractivity contribution in [2.24, 2.45) is 5.84 Å². The fourth-order valence-electron chi connectivity index (χ4n) is 1.85. The second-order valence-electron chi connectivity index (χ2n) is 4.32. The number of aromatic nitrogens is 1. The number of aromatic amines is 1. The van der Waals surface area contributed by atoms with Crippen LogP contribution in [0.2, 0.25) is 0 Å². The van der Waals surface area contributed by atoms with Crippen LogP contribution in [-0.2, 0) is 11.2 Å². The van der Waals surface area contributed by atoms with Crippen molar-refractivity contribution in [2.45, 2.75) is 18.9 Å². The lowest BCUT2D eigenvalue weighted by Crippen LogP contribution is -2.54. The molecule has 1 heterocycles. The molecule has 0 saturated carbocycles. The fraction of sp³-hybridized carbons (Fsp3) is 0.250. The monoisotopic (exact) mass is 233 g/mol. The van der Waals surface area contributed by atoms with Crippen LogP contribution < -0.4 is 11.3 Å². The Morgan fingerprint density at radius 1 is 1.53 bits per heavy atom. The summed E-state index contributed by atoms with van der Waals surface area (Å²) in [5, 5.41) is 10.2. The van der Waals surface area contributed by atoms with E-state index in [-0.39, 0.29) is 0 Å². The van der Waals surface area contributed by atoms with Crippen LogP contribution in [0.1, 0.15) is 12.5 Å². The SMILES string of the molecule is CC(Cc1c[nH]c2ccccc12)(NN)C(=O)O. The molecule has 17 heavy (non-hydrogen) atoms. The first-order valence-corrected chi connectivity index (χ1v) is 5.33. The molecule has 1 unspecified atom stereocenters. The van der Waals surface area contributed by atoms with Gasteiger partial charge in [0.2, 0.25) is 0 Å². The van der Waals surface area contributed by atoms with Gasteiger partial charge in [-0.05, 0) is 18.6 Å². The van der Waals surface area contributed by atoms with E-state index in [1.54, 1.807) is 6.92 Å². The summed E-state index contributed by atoms with van der Waals surface area (Å²) < 4.78 is 0. The molecule has 1 aromatic heterocycles. The van der Waals surface area contributed by atoms with Crippen LogP contribution in [0.25, 0.3) is 10.9 Å². The van der Waals surface area contributed by atoms with Gasteiger partial charge in [0.1, 0.15) is 5.54 Å². The Morgan fingerprint density at radius 3 is 2.88 bits per heavy atom.